The largest absolute Gasteiger partial charge is 0.355 e. The van der Waals surface area contributed by atoms with Gasteiger partial charge in [0.25, 0.3) is 0 Å². The Kier molecular flexibility index (Phi) is 2.59. The van der Waals surface area contributed by atoms with Crippen LogP contribution in [0.15, 0.2) is 17.5 Å². The lowest BCUT2D eigenvalue weighted by atomic mass is 10.0. The van der Waals surface area contributed by atoms with Gasteiger partial charge in [-0.05, 0) is 30.7 Å². The van der Waals surface area contributed by atoms with Gasteiger partial charge in [0.2, 0.25) is 5.91 Å². The van der Waals surface area contributed by atoms with Gasteiger partial charge in [-0.25, -0.2) is 0 Å². The van der Waals surface area contributed by atoms with Crippen LogP contribution in [0.4, 0.5) is 0 Å². The summed E-state index contributed by atoms with van der Waals surface area (Å²) in [6, 6.07) is 4.09. The van der Waals surface area contributed by atoms with Crippen LogP contribution in [-0.4, -0.2) is 12.5 Å². The zero-order chi connectivity index (χ0) is 10.0. The first-order chi connectivity index (χ1) is 6.79. The van der Waals surface area contributed by atoms with Crippen molar-refractivity contribution >= 4 is 17.2 Å². The molecule has 1 aliphatic rings. The normalized spacial score (nSPS) is 17.8. The summed E-state index contributed by atoms with van der Waals surface area (Å²) in [5.74, 6) is 0.224. The van der Waals surface area contributed by atoms with Crippen LogP contribution in [0.2, 0.25) is 0 Å². The van der Waals surface area contributed by atoms with Crippen molar-refractivity contribution in [3.8, 4) is 0 Å². The summed E-state index contributed by atoms with van der Waals surface area (Å²) in [6.45, 7) is 2.87. The van der Waals surface area contributed by atoms with E-state index in [1.807, 2.05) is 11.4 Å². The highest BCUT2D eigenvalue weighted by Crippen LogP contribution is 2.50. The van der Waals surface area contributed by atoms with Crippen molar-refractivity contribution in [2.75, 3.05) is 6.54 Å². The smallest absolute Gasteiger partial charge is 0.231 e. The molecule has 0 saturated heterocycles. The van der Waals surface area contributed by atoms with Crippen molar-refractivity contribution in [2.24, 2.45) is 0 Å². The molecule has 1 aliphatic carbocycles. The Balaban J connectivity index is 2.06. The number of thiophene rings is 1. The molecule has 0 aromatic carbocycles. The highest BCUT2D eigenvalue weighted by molar-refractivity contribution is 7.10. The summed E-state index contributed by atoms with van der Waals surface area (Å²) in [7, 11) is 0. The first-order valence-corrected chi connectivity index (χ1v) is 6.00. The minimum Gasteiger partial charge on any atom is -0.355 e. The second kappa shape index (κ2) is 3.73. The minimum atomic E-state index is -0.149. The lowest BCUT2D eigenvalue weighted by molar-refractivity contribution is -0.123. The van der Waals surface area contributed by atoms with Gasteiger partial charge in [-0.2, -0.15) is 0 Å². The van der Waals surface area contributed by atoms with Crippen molar-refractivity contribution in [2.45, 2.75) is 31.6 Å². The van der Waals surface area contributed by atoms with Crippen LogP contribution in [0.1, 0.15) is 31.1 Å². The van der Waals surface area contributed by atoms with Crippen molar-refractivity contribution < 1.29 is 4.79 Å². The van der Waals surface area contributed by atoms with Crippen LogP contribution in [-0.2, 0) is 10.2 Å². The number of carbonyl (C=O) groups excluding carboxylic acids is 1. The second-order valence-corrected chi connectivity index (χ2v) is 4.76. The van der Waals surface area contributed by atoms with Gasteiger partial charge >= 0.3 is 0 Å². The maximum Gasteiger partial charge on any atom is 0.231 e. The fourth-order valence-electron chi connectivity index (χ4n) is 1.67. The van der Waals surface area contributed by atoms with E-state index < -0.39 is 0 Å². The molecule has 0 spiro atoms. The van der Waals surface area contributed by atoms with E-state index in [0.717, 1.165) is 25.8 Å². The van der Waals surface area contributed by atoms with Gasteiger partial charge in [-0.3, -0.25) is 4.79 Å². The average Bonchev–Trinajstić information content (AvgIpc) is 2.83. The molecular formula is C11H15NOS. The van der Waals surface area contributed by atoms with Gasteiger partial charge in [0.1, 0.15) is 0 Å². The van der Waals surface area contributed by atoms with E-state index in [-0.39, 0.29) is 11.3 Å². The van der Waals surface area contributed by atoms with E-state index in [4.69, 9.17) is 0 Å². The predicted octanol–water partition coefficient (Wildman–Crippen LogP) is 2.31. The van der Waals surface area contributed by atoms with E-state index in [2.05, 4.69) is 18.3 Å². The van der Waals surface area contributed by atoms with Crippen molar-refractivity contribution in [3.05, 3.63) is 22.4 Å². The molecule has 1 amide bonds. The standard InChI is InChI=1S/C11H15NOS/c1-2-7-12-10(13)11(5-6-11)9-4-3-8-14-9/h3-4,8H,2,5-7H2,1H3,(H,12,13). The molecule has 1 heterocycles. The van der Waals surface area contributed by atoms with Crippen molar-refractivity contribution in [1.29, 1.82) is 0 Å². The Bertz CT molecular complexity index is 314. The maximum absolute atomic E-state index is 11.9. The molecule has 1 saturated carbocycles. The maximum atomic E-state index is 11.9. The number of amides is 1. The highest BCUT2D eigenvalue weighted by Gasteiger charge is 2.51. The lowest BCUT2D eigenvalue weighted by Crippen LogP contribution is -2.34. The van der Waals surface area contributed by atoms with Gasteiger partial charge in [-0.15, -0.1) is 11.3 Å². The van der Waals surface area contributed by atoms with Gasteiger partial charge in [0.05, 0.1) is 5.41 Å². The summed E-state index contributed by atoms with van der Waals surface area (Å²) < 4.78 is 0. The fraction of sp³-hybridized carbons (Fsp3) is 0.545. The third-order valence-corrected chi connectivity index (χ3v) is 3.79. The predicted molar refractivity (Wildman–Crippen MR) is 58.5 cm³/mol. The molecule has 0 atom stereocenters. The number of nitrogens with one attached hydrogen (secondary N) is 1. The van der Waals surface area contributed by atoms with Gasteiger partial charge in [0.15, 0.2) is 0 Å². The van der Waals surface area contributed by atoms with Crippen LogP contribution in [0, 0.1) is 0 Å². The number of hydrogen-bond acceptors (Lipinski definition) is 2. The average molecular weight is 209 g/mol. The molecule has 14 heavy (non-hydrogen) atoms. The first kappa shape index (κ1) is 9.71. The summed E-state index contributed by atoms with van der Waals surface area (Å²) in [4.78, 5) is 13.1. The Morgan fingerprint density at radius 2 is 2.43 bits per heavy atom. The third-order valence-electron chi connectivity index (χ3n) is 2.71. The third kappa shape index (κ3) is 1.57. The molecule has 1 aromatic heterocycles. The zero-order valence-corrected chi connectivity index (χ0v) is 9.19. The Labute approximate surface area is 88.3 Å². The van der Waals surface area contributed by atoms with E-state index in [0.29, 0.717) is 0 Å². The van der Waals surface area contributed by atoms with Crippen LogP contribution < -0.4 is 5.32 Å². The monoisotopic (exact) mass is 209 g/mol. The molecule has 0 aliphatic heterocycles. The molecule has 76 valence electrons. The van der Waals surface area contributed by atoms with Gasteiger partial charge in [0, 0.05) is 11.4 Å². The molecule has 0 unspecified atom stereocenters. The van der Waals surface area contributed by atoms with E-state index in [1.54, 1.807) is 11.3 Å². The Morgan fingerprint density at radius 1 is 1.64 bits per heavy atom. The molecular weight excluding hydrogens is 194 g/mol. The van der Waals surface area contributed by atoms with E-state index in [1.165, 1.54) is 4.88 Å². The second-order valence-electron chi connectivity index (χ2n) is 3.82. The molecule has 1 fully saturated rings. The molecule has 0 bridgehead atoms. The quantitative estimate of drug-likeness (QED) is 0.810. The Hall–Kier alpha value is -0.830. The minimum absolute atomic E-state index is 0.149. The van der Waals surface area contributed by atoms with Gasteiger partial charge in [-0.1, -0.05) is 13.0 Å². The van der Waals surface area contributed by atoms with E-state index >= 15 is 0 Å². The van der Waals surface area contributed by atoms with Crippen LogP contribution in [0.3, 0.4) is 0 Å². The molecule has 0 radical (unpaired) electrons. The van der Waals surface area contributed by atoms with Crippen LogP contribution >= 0.6 is 11.3 Å². The Morgan fingerprint density at radius 3 is 2.93 bits per heavy atom. The highest BCUT2D eigenvalue weighted by atomic mass is 32.1. The number of rotatable bonds is 4. The lowest BCUT2D eigenvalue weighted by Gasteiger charge is -2.12. The van der Waals surface area contributed by atoms with Crippen molar-refractivity contribution in [3.63, 3.8) is 0 Å². The topological polar surface area (TPSA) is 29.1 Å². The molecule has 1 N–H and O–H groups in total. The summed E-state index contributed by atoms with van der Waals surface area (Å²) in [6.07, 6.45) is 3.04. The fourth-order valence-corrected chi connectivity index (χ4v) is 2.65. The van der Waals surface area contributed by atoms with Crippen LogP contribution in [0.25, 0.3) is 0 Å². The van der Waals surface area contributed by atoms with E-state index in [9.17, 15) is 4.79 Å². The molecule has 2 rings (SSSR count). The number of hydrogen-bond donors (Lipinski definition) is 1. The van der Waals surface area contributed by atoms with Crippen LogP contribution in [0.5, 0.6) is 0 Å². The van der Waals surface area contributed by atoms with Crippen molar-refractivity contribution in [1.82, 2.24) is 5.32 Å². The molecule has 3 heteroatoms. The molecule has 1 aromatic rings. The van der Waals surface area contributed by atoms with Gasteiger partial charge < -0.3 is 5.32 Å². The summed E-state index contributed by atoms with van der Waals surface area (Å²) >= 11 is 1.69. The SMILES string of the molecule is CCCNC(=O)C1(c2cccs2)CC1. The summed E-state index contributed by atoms with van der Waals surface area (Å²) in [5, 5.41) is 5.04. The summed E-state index contributed by atoms with van der Waals surface area (Å²) in [5.41, 5.74) is -0.149. The number of carbonyl (C=O) groups is 1. The first-order valence-electron chi connectivity index (χ1n) is 5.12. The molecule has 2 nitrogen and oxygen atoms in total. The zero-order valence-electron chi connectivity index (χ0n) is 8.38.